The van der Waals surface area contributed by atoms with Crippen LogP contribution in [0.25, 0.3) is 10.4 Å². The third kappa shape index (κ3) is 6.08. The first kappa shape index (κ1) is 17.4. The molecular formula is C13H19N5OPS+. The number of hydrogen-bond acceptors (Lipinski definition) is 4. The Morgan fingerprint density at radius 3 is 2.71 bits per heavy atom. The number of nitrogens with zero attached hydrogens (tertiary/aromatic N) is 5. The highest BCUT2D eigenvalue weighted by Gasteiger charge is 2.24. The van der Waals surface area contributed by atoms with Crippen LogP contribution in [0.1, 0.15) is 32.3 Å². The first-order chi connectivity index (χ1) is 10.1. The molecule has 1 aromatic carbocycles. The van der Waals surface area contributed by atoms with Crippen molar-refractivity contribution in [2.45, 2.75) is 32.3 Å². The zero-order chi connectivity index (χ0) is 15.7. The molecule has 0 aliphatic rings. The van der Waals surface area contributed by atoms with Crippen molar-refractivity contribution >= 4 is 24.9 Å². The molecule has 0 spiro atoms. The van der Waals surface area contributed by atoms with Crippen LogP contribution < -0.4 is 4.84 Å². The zero-order valence-corrected chi connectivity index (χ0v) is 14.1. The molecular weight excluding hydrogens is 305 g/mol. The van der Waals surface area contributed by atoms with Gasteiger partial charge in [0.05, 0.1) is 13.3 Å². The Bertz CT molecular complexity index is 542. The van der Waals surface area contributed by atoms with Gasteiger partial charge in [-0.2, -0.15) is 0 Å². The Morgan fingerprint density at radius 2 is 2.14 bits per heavy atom. The minimum Gasteiger partial charge on any atom is -0.394 e. The van der Waals surface area contributed by atoms with Crippen molar-refractivity contribution in [2.75, 3.05) is 7.05 Å². The van der Waals surface area contributed by atoms with E-state index in [2.05, 4.69) is 29.1 Å². The van der Waals surface area contributed by atoms with Crippen molar-refractivity contribution in [1.29, 1.82) is 0 Å². The monoisotopic (exact) mass is 324 g/mol. The van der Waals surface area contributed by atoms with Gasteiger partial charge in [-0.05, 0) is 48.7 Å². The van der Waals surface area contributed by atoms with Crippen LogP contribution in [0.5, 0.6) is 5.75 Å². The first-order valence-electron chi connectivity index (χ1n) is 6.64. The third-order valence-electron chi connectivity index (χ3n) is 2.81. The van der Waals surface area contributed by atoms with Crippen molar-refractivity contribution in [3.05, 3.63) is 40.3 Å². The van der Waals surface area contributed by atoms with Gasteiger partial charge in [-0.15, -0.1) is 9.88 Å². The molecule has 21 heavy (non-hydrogen) atoms. The van der Waals surface area contributed by atoms with Gasteiger partial charge in [-0.3, -0.25) is 0 Å². The van der Waals surface area contributed by atoms with Crippen LogP contribution in [0.15, 0.2) is 34.6 Å². The summed E-state index contributed by atoms with van der Waals surface area (Å²) in [5.41, 5.74) is 9.58. The van der Waals surface area contributed by atoms with Crippen LogP contribution >= 0.6 is 6.85 Å². The lowest BCUT2D eigenvalue weighted by Crippen LogP contribution is -2.08. The van der Waals surface area contributed by atoms with E-state index in [1.54, 1.807) is 18.3 Å². The van der Waals surface area contributed by atoms with Gasteiger partial charge in [0.1, 0.15) is 11.0 Å². The lowest BCUT2D eigenvalue weighted by Gasteiger charge is -2.07. The van der Waals surface area contributed by atoms with Crippen LogP contribution in [0.2, 0.25) is 0 Å². The maximum absolute atomic E-state index is 8.16. The van der Waals surface area contributed by atoms with E-state index in [-0.39, 0.29) is 0 Å². The van der Waals surface area contributed by atoms with Gasteiger partial charge in [-0.25, -0.2) is 0 Å². The predicted octanol–water partition coefficient (Wildman–Crippen LogP) is 4.60. The molecule has 8 heteroatoms. The van der Waals surface area contributed by atoms with E-state index in [4.69, 9.17) is 22.2 Å². The molecule has 0 saturated carbocycles. The second-order valence-corrected chi connectivity index (χ2v) is 7.69. The average molecular weight is 324 g/mol. The number of rotatable bonds is 8. The summed E-state index contributed by atoms with van der Waals surface area (Å²) in [6, 6.07) is 7.10. The SMILES string of the molecule is CCCC(C)[P+](=S)N(C)/N=C/c1ccc(ON=[N+]=[N-])cc1. The van der Waals surface area contributed by atoms with E-state index in [0.29, 0.717) is 11.4 Å². The van der Waals surface area contributed by atoms with E-state index in [0.717, 1.165) is 18.4 Å². The summed E-state index contributed by atoms with van der Waals surface area (Å²) in [5.74, 6) is 0.486. The minimum atomic E-state index is -0.681. The van der Waals surface area contributed by atoms with Gasteiger partial charge < -0.3 is 4.84 Å². The lowest BCUT2D eigenvalue weighted by molar-refractivity contribution is 0.333. The summed E-state index contributed by atoms with van der Waals surface area (Å²) in [5, 5.41) is 7.43. The summed E-state index contributed by atoms with van der Waals surface area (Å²) >= 11 is 5.54. The molecule has 112 valence electrons. The lowest BCUT2D eigenvalue weighted by atomic mass is 10.2. The first-order valence-corrected chi connectivity index (χ1v) is 9.01. The molecule has 2 unspecified atom stereocenters. The van der Waals surface area contributed by atoms with E-state index in [1.165, 1.54) is 0 Å². The van der Waals surface area contributed by atoms with Crippen molar-refractivity contribution in [3.8, 4) is 5.75 Å². The Balaban J connectivity index is 2.63. The molecule has 0 saturated heterocycles. The highest BCUT2D eigenvalue weighted by atomic mass is 32.4. The Kier molecular flexibility index (Phi) is 7.69. The topological polar surface area (TPSA) is 73.6 Å². The van der Waals surface area contributed by atoms with E-state index >= 15 is 0 Å². The standard InChI is InChI=1S/C13H19N5OPS/c1-4-5-11(2)20(21)18(3)15-10-12-6-8-13(9-7-12)19-17-16-14/h6-11H,4-5H2,1-3H3/q+1/b15-10+. The van der Waals surface area contributed by atoms with Gasteiger partial charge in [-0.1, -0.05) is 13.3 Å². The van der Waals surface area contributed by atoms with E-state index in [1.807, 2.05) is 24.0 Å². The molecule has 6 nitrogen and oxygen atoms in total. The fourth-order valence-electron chi connectivity index (χ4n) is 1.69. The van der Waals surface area contributed by atoms with Crippen molar-refractivity contribution in [2.24, 2.45) is 10.4 Å². The summed E-state index contributed by atoms with van der Waals surface area (Å²) < 4.78 is 1.87. The minimum absolute atomic E-state index is 0.486. The smallest absolute Gasteiger partial charge is 0.313 e. The second kappa shape index (κ2) is 9.29. The maximum Gasteiger partial charge on any atom is 0.313 e. The van der Waals surface area contributed by atoms with Crippen molar-refractivity contribution in [1.82, 2.24) is 4.78 Å². The molecule has 1 rings (SSSR count). The molecule has 0 aliphatic heterocycles. The molecule has 0 aromatic heterocycles. The number of benzene rings is 1. The van der Waals surface area contributed by atoms with E-state index in [9.17, 15) is 0 Å². The zero-order valence-electron chi connectivity index (χ0n) is 12.4. The maximum atomic E-state index is 8.16. The van der Waals surface area contributed by atoms with Crippen molar-refractivity contribution < 1.29 is 4.84 Å². The summed E-state index contributed by atoms with van der Waals surface area (Å²) in [6.45, 7) is 3.66. The largest absolute Gasteiger partial charge is 0.394 e. The van der Waals surface area contributed by atoms with E-state index < -0.39 is 6.85 Å². The quantitative estimate of drug-likeness (QED) is 0.175. The van der Waals surface area contributed by atoms with Crippen LogP contribution in [0, 0.1) is 0 Å². The van der Waals surface area contributed by atoms with Crippen LogP contribution in [-0.2, 0) is 11.8 Å². The highest BCUT2D eigenvalue weighted by Crippen LogP contribution is 2.34. The molecule has 0 heterocycles. The molecule has 0 fully saturated rings. The molecule has 2 atom stereocenters. The summed E-state index contributed by atoms with van der Waals surface area (Å²) in [4.78, 5) is 7.30. The van der Waals surface area contributed by atoms with Crippen molar-refractivity contribution in [3.63, 3.8) is 0 Å². The predicted molar refractivity (Wildman–Crippen MR) is 90.2 cm³/mol. The number of azide groups is 1. The summed E-state index contributed by atoms with van der Waals surface area (Å²) in [7, 11) is 1.92. The second-order valence-electron chi connectivity index (χ2n) is 4.51. The van der Waals surface area contributed by atoms with Crippen LogP contribution in [0.4, 0.5) is 0 Å². The molecule has 0 bridgehead atoms. The van der Waals surface area contributed by atoms with Gasteiger partial charge in [0.25, 0.3) is 0 Å². The highest BCUT2D eigenvalue weighted by molar-refractivity contribution is 8.04. The fraction of sp³-hybridized carbons (Fsp3) is 0.462. The Hall–Kier alpha value is -1.68. The van der Waals surface area contributed by atoms with Gasteiger partial charge in [0.2, 0.25) is 0 Å². The fourth-order valence-corrected chi connectivity index (χ4v) is 3.34. The Morgan fingerprint density at radius 1 is 1.48 bits per heavy atom. The third-order valence-corrected chi connectivity index (χ3v) is 6.28. The van der Waals surface area contributed by atoms with Crippen LogP contribution in [-0.4, -0.2) is 23.7 Å². The molecule has 0 amide bonds. The molecule has 0 aliphatic carbocycles. The Labute approximate surface area is 130 Å². The van der Waals surface area contributed by atoms with Crippen LogP contribution in [0.3, 0.4) is 0 Å². The molecule has 0 radical (unpaired) electrons. The van der Waals surface area contributed by atoms with Gasteiger partial charge in [0, 0.05) is 4.91 Å². The molecule has 0 N–H and O–H groups in total. The number of hydrogen-bond donors (Lipinski definition) is 0. The summed E-state index contributed by atoms with van der Waals surface area (Å²) in [6.07, 6.45) is 4.03. The number of hydrazone groups is 1. The van der Waals surface area contributed by atoms with Gasteiger partial charge in [0.15, 0.2) is 17.5 Å². The molecule has 1 aromatic rings. The average Bonchev–Trinajstić information content (AvgIpc) is 2.51. The van der Waals surface area contributed by atoms with Gasteiger partial charge >= 0.3 is 6.85 Å². The normalized spacial score (nSPS) is 12.6.